The number of hydrogen-bond donors (Lipinski definition) is 1. The summed E-state index contributed by atoms with van der Waals surface area (Å²) >= 11 is 0. The van der Waals surface area contributed by atoms with Crippen LogP contribution in [0.15, 0.2) is 48.5 Å². The van der Waals surface area contributed by atoms with Crippen molar-refractivity contribution in [3.63, 3.8) is 0 Å². The number of carbonyl (C=O) groups is 1. The highest BCUT2D eigenvalue weighted by Crippen LogP contribution is 2.45. The van der Waals surface area contributed by atoms with Crippen molar-refractivity contribution in [1.29, 1.82) is 0 Å². The Labute approximate surface area is 220 Å². The molecule has 4 aromatic rings. The normalized spacial score (nSPS) is 12.2. The molecule has 0 unspecified atom stereocenters. The predicted octanol–water partition coefficient (Wildman–Crippen LogP) is 5.95. The molecule has 2 aromatic carbocycles. The number of tetrazole rings is 1. The van der Waals surface area contributed by atoms with Crippen LogP contribution in [-0.2, 0) is 23.6 Å². The summed E-state index contributed by atoms with van der Waals surface area (Å²) in [7, 11) is 0. The van der Waals surface area contributed by atoms with Crippen molar-refractivity contribution in [3.05, 3.63) is 71.3 Å². The summed E-state index contributed by atoms with van der Waals surface area (Å²) in [5, 5.41) is 14.0. The van der Waals surface area contributed by atoms with Crippen LogP contribution >= 0.6 is 0 Å². The summed E-state index contributed by atoms with van der Waals surface area (Å²) in [4.78, 5) is 16.5. The molecule has 0 atom stereocenters. The summed E-state index contributed by atoms with van der Waals surface area (Å²) < 4.78 is 75.3. The van der Waals surface area contributed by atoms with Crippen molar-refractivity contribution in [2.24, 2.45) is 0 Å². The predicted molar refractivity (Wildman–Crippen MR) is 131 cm³/mol. The van der Waals surface area contributed by atoms with Gasteiger partial charge in [-0.1, -0.05) is 55.5 Å². The van der Waals surface area contributed by atoms with Gasteiger partial charge in [0.1, 0.15) is 5.82 Å². The van der Waals surface area contributed by atoms with Crippen molar-refractivity contribution in [2.45, 2.75) is 58.4 Å². The van der Waals surface area contributed by atoms with E-state index in [0.717, 1.165) is 21.3 Å². The van der Waals surface area contributed by atoms with Gasteiger partial charge in [-0.2, -0.15) is 27.2 Å². The molecule has 0 aliphatic rings. The third kappa shape index (κ3) is 5.66. The number of carbonyl (C=O) groups excluding carboxylic acids is 1. The highest BCUT2D eigenvalue weighted by Gasteiger charge is 2.62. The van der Waals surface area contributed by atoms with Crippen LogP contribution in [0.3, 0.4) is 0 Å². The monoisotopic (exact) mass is 548 g/mol. The SMILES string of the molecule is CCCc1nc(C(F)(F)C(F)(F)F)c(C(=O)OC(C)C)n1Cc1ccc(-c2ccccc2-c2nn[nH]n2)cc1. The Balaban J connectivity index is 1.77. The highest BCUT2D eigenvalue weighted by atomic mass is 19.4. The van der Waals surface area contributed by atoms with E-state index in [-0.39, 0.29) is 18.8 Å². The highest BCUT2D eigenvalue weighted by molar-refractivity contribution is 5.89. The summed E-state index contributed by atoms with van der Waals surface area (Å²) in [5.41, 5.74) is 0.272. The van der Waals surface area contributed by atoms with Crippen molar-refractivity contribution < 1.29 is 31.5 Å². The van der Waals surface area contributed by atoms with Gasteiger partial charge < -0.3 is 9.30 Å². The van der Waals surface area contributed by atoms with Gasteiger partial charge >= 0.3 is 18.1 Å². The van der Waals surface area contributed by atoms with Crippen LogP contribution in [0.5, 0.6) is 0 Å². The summed E-state index contributed by atoms with van der Waals surface area (Å²) in [6.07, 6.45) is -6.22. The molecule has 206 valence electrons. The van der Waals surface area contributed by atoms with Crippen LogP contribution in [0.25, 0.3) is 22.5 Å². The molecule has 1 N–H and O–H groups in total. The van der Waals surface area contributed by atoms with Gasteiger partial charge in [-0.05, 0) is 42.2 Å². The topological polar surface area (TPSA) is 98.6 Å². The molecule has 0 fully saturated rings. The number of alkyl halides is 5. The molecule has 0 amide bonds. The maximum atomic E-state index is 14.6. The third-order valence-electron chi connectivity index (χ3n) is 5.83. The molecule has 0 aliphatic heterocycles. The van der Waals surface area contributed by atoms with Crippen LogP contribution < -0.4 is 0 Å². The zero-order valence-corrected chi connectivity index (χ0v) is 21.3. The maximum Gasteiger partial charge on any atom is 0.459 e. The van der Waals surface area contributed by atoms with Crippen LogP contribution in [0.2, 0.25) is 0 Å². The van der Waals surface area contributed by atoms with Crippen molar-refractivity contribution in [2.75, 3.05) is 0 Å². The van der Waals surface area contributed by atoms with Crippen molar-refractivity contribution in [3.8, 4) is 22.5 Å². The number of halogens is 5. The minimum atomic E-state index is -5.95. The largest absolute Gasteiger partial charge is 0.459 e. The molecule has 13 heteroatoms. The second-order valence-electron chi connectivity index (χ2n) is 9.07. The fraction of sp³-hybridized carbons (Fsp3) is 0.346. The molecule has 0 radical (unpaired) electrons. The lowest BCUT2D eigenvalue weighted by molar-refractivity contribution is -0.291. The minimum Gasteiger partial charge on any atom is -0.458 e. The molecule has 8 nitrogen and oxygen atoms in total. The number of aromatic nitrogens is 6. The molecule has 0 saturated carbocycles. The standard InChI is InChI=1S/C26H25F5N6O2/c1-4-7-20-32-22(25(27,28)26(29,30)31)21(24(38)39-15(2)3)37(20)14-16-10-12-17(13-11-16)18-8-5-6-9-19(18)23-33-35-36-34-23/h5-6,8-13,15H,4,7,14H2,1-3H3,(H,33,34,35,36). The van der Waals surface area contributed by atoms with E-state index in [2.05, 4.69) is 25.6 Å². The van der Waals surface area contributed by atoms with Crippen LogP contribution in [0.4, 0.5) is 22.0 Å². The Hall–Kier alpha value is -4.16. The first-order valence-electron chi connectivity index (χ1n) is 12.1. The van der Waals surface area contributed by atoms with Gasteiger partial charge in [0.25, 0.3) is 0 Å². The van der Waals surface area contributed by atoms with Gasteiger partial charge in [-0.15, -0.1) is 10.2 Å². The van der Waals surface area contributed by atoms with E-state index in [0.29, 0.717) is 17.8 Å². The second kappa shape index (κ2) is 10.9. The molecule has 4 rings (SSSR count). The average molecular weight is 549 g/mol. The maximum absolute atomic E-state index is 14.6. The lowest BCUT2D eigenvalue weighted by Gasteiger charge is -2.20. The van der Waals surface area contributed by atoms with Crippen LogP contribution in [0, 0.1) is 0 Å². The summed E-state index contributed by atoms with van der Waals surface area (Å²) in [6, 6.07) is 14.3. The van der Waals surface area contributed by atoms with Gasteiger partial charge in [-0.25, -0.2) is 9.78 Å². The van der Waals surface area contributed by atoms with Gasteiger partial charge in [0.05, 0.1) is 6.10 Å². The van der Waals surface area contributed by atoms with Crippen molar-refractivity contribution >= 4 is 5.97 Å². The second-order valence-corrected chi connectivity index (χ2v) is 9.07. The van der Waals surface area contributed by atoms with Crippen LogP contribution in [0.1, 0.15) is 54.8 Å². The zero-order chi connectivity index (χ0) is 28.4. The molecule has 0 saturated heterocycles. The number of aromatic amines is 1. The first kappa shape index (κ1) is 27.9. The molecule has 2 aromatic heterocycles. The van der Waals surface area contributed by atoms with E-state index in [9.17, 15) is 26.7 Å². The fourth-order valence-corrected chi connectivity index (χ4v) is 4.09. The quantitative estimate of drug-likeness (QED) is 0.205. The number of imidazole rings is 1. The lowest BCUT2D eigenvalue weighted by atomic mass is 9.98. The van der Waals surface area contributed by atoms with Gasteiger partial charge in [-0.3, -0.25) is 0 Å². The molecule has 0 bridgehead atoms. The van der Waals surface area contributed by atoms with Gasteiger partial charge in [0, 0.05) is 18.5 Å². The first-order valence-corrected chi connectivity index (χ1v) is 12.1. The average Bonchev–Trinajstić information content (AvgIpc) is 3.53. The summed E-state index contributed by atoms with van der Waals surface area (Å²) in [6.45, 7) is 4.49. The number of benzene rings is 2. The lowest BCUT2D eigenvalue weighted by Crippen LogP contribution is -2.36. The van der Waals surface area contributed by atoms with E-state index >= 15 is 0 Å². The Bertz CT molecular complexity index is 1430. The molecule has 0 aliphatic carbocycles. The molecule has 39 heavy (non-hydrogen) atoms. The number of ether oxygens (including phenoxy) is 1. The van der Waals surface area contributed by atoms with E-state index in [4.69, 9.17) is 4.74 Å². The van der Waals surface area contributed by atoms with Gasteiger partial charge in [0.15, 0.2) is 11.4 Å². The molecular weight excluding hydrogens is 523 g/mol. The number of nitrogens with zero attached hydrogens (tertiary/aromatic N) is 5. The number of nitrogens with one attached hydrogen (secondary N) is 1. The molecular formula is C26H25F5N6O2. The molecule has 2 heterocycles. The Morgan fingerprint density at radius 3 is 2.26 bits per heavy atom. The Morgan fingerprint density at radius 1 is 1.03 bits per heavy atom. The van der Waals surface area contributed by atoms with Gasteiger partial charge in [0.2, 0.25) is 5.82 Å². The minimum absolute atomic E-state index is 0.0707. The number of H-pyrrole nitrogens is 1. The Kier molecular flexibility index (Phi) is 7.79. The third-order valence-corrected chi connectivity index (χ3v) is 5.83. The van der Waals surface area contributed by atoms with Crippen molar-refractivity contribution in [1.82, 2.24) is 30.2 Å². The van der Waals surface area contributed by atoms with E-state index < -0.39 is 35.6 Å². The fourth-order valence-electron chi connectivity index (χ4n) is 4.09. The zero-order valence-electron chi connectivity index (χ0n) is 21.3. The van der Waals surface area contributed by atoms with E-state index in [1.54, 1.807) is 31.2 Å². The number of rotatable bonds is 9. The molecule has 0 spiro atoms. The van der Waals surface area contributed by atoms with E-state index in [1.165, 1.54) is 13.8 Å². The summed E-state index contributed by atoms with van der Waals surface area (Å²) in [5.74, 6) is -6.33. The first-order chi connectivity index (χ1) is 18.4. The smallest absolute Gasteiger partial charge is 0.458 e. The number of esters is 1. The number of aryl methyl sites for hydroxylation is 1. The Morgan fingerprint density at radius 2 is 1.69 bits per heavy atom. The van der Waals surface area contributed by atoms with E-state index in [1.807, 2.05) is 24.3 Å². The number of hydrogen-bond acceptors (Lipinski definition) is 6. The van der Waals surface area contributed by atoms with Crippen LogP contribution in [-0.4, -0.2) is 48.4 Å².